The first-order valence-corrected chi connectivity index (χ1v) is 18.8. The van der Waals surface area contributed by atoms with Gasteiger partial charge in [-0.2, -0.15) is 0 Å². The fourth-order valence-corrected chi connectivity index (χ4v) is 9.03. The maximum atomic E-state index is 5.16. The van der Waals surface area contributed by atoms with Crippen LogP contribution < -0.4 is 0 Å². The quantitative estimate of drug-likeness (QED) is 0.179. The Hall–Kier alpha value is -7.23. The second-order valence-electron chi connectivity index (χ2n) is 14.3. The van der Waals surface area contributed by atoms with Crippen molar-refractivity contribution < 1.29 is 0 Å². The molecule has 7 aromatic carbocycles. The van der Waals surface area contributed by atoms with Gasteiger partial charge in [-0.3, -0.25) is 4.98 Å². The summed E-state index contributed by atoms with van der Waals surface area (Å²) >= 11 is 0. The van der Waals surface area contributed by atoms with Crippen LogP contribution in [-0.2, 0) is 5.41 Å². The average Bonchev–Trinajstić information content (AvgIpc) is 3.75. The second kappa shape index (κ2) is 12.4. The van der Waals surface area contributed by atoms with E-state index in [4.69, 9.17) is 9.97 Å². The van der Waals surface area contributed by atoms with Crippen LogP contribution in [-0.4, -0.2) is 15.0 Å². The van der Waals surface area contributed by atoms with Crippen LogP contribution >= 0.6 is 0 Å². The van der Waals surface area contributed by atoms with Gasteiger partial charge < -0.3 is 0 Å². The molecule has 0 fully saturated rings. The Morgan fingerprint density at radius 3 is 1.47 bits per heavy atom. The zero-order valence-electron chi connectivity index (χ0n) is 29.9. The zero-order chi connectivity index (χ0) is 36.3. The van der Waals surface area contributed by atoms with Crippen molar-refractivity contribution in [1.29, 1.82) is 0 Å². The standard InChI is InChI=1S/C52H33N3/c1-2-12-36(13-3-1)48-32-49(55-51(54-48)38-29-23-34(24-30-38)39-14-11-31-53-33-39)37-27-25-35(26-28-37)40-18-10-22-47-50(40)43-17-6-9-21-46(43)52(47)44-19-7-4-15-41(44)42-16-5-8-20-45(42)52/h1-33H. The van der Waals surface area contributed by atoms with E-state index in [1.165, 1.54) is 55.6 Å². The van der Waals surface area contributed by atoms with Gasteiger partial charge in [0.1, 0.15) is 0 Å². The lowest BCUT2D eigenvalue weighted by Crippen LogP contribution is -2.25. The minimum atomic E-state index is -0.365. The number of nitrogens with zero attached hydrogens (tertiary/aromatic N) is 3. The second-order valence-corrected chi connectivity index (χ2v) is 14.3. The summed E-state index contributed by atoms with van der Waals surface area (Å²) in [7, 11) is 0. The Balaban J connectivity index is 1.03. The van der Waals surface area contributed by atoms with E-state index < -0.39 is 0 Å². The first-order chi connectivity index (χ1) is 27.3. The van der Waals surface area contributed by atoms with E-state index in [0.717, 1.165) is 39.2 Å². The minimum absolute atomic E-state index is 0.365. The Kier molecular flexibility index (Phi) is 7.08. The molecule has 3 heteroatoms. The fourth-order valence-electron chi connectivity index (χ4n) is 9.03. The van der Waals surface area contributed by atoms with E-state index in [2.05, 4.69) is 181 Å². The van der Waals surface area contributed by atoms with Crippen LogP contribution in [0.2, 0.25) is 0 Å². The van der Waals surface area contributed by atoms with Crippen molar-refractivity contribution in [3.05, 3.63) is 223 Å². The molecule has 0 N–H and O–H groups in total. The predicted molar refractivity (Wildman–Crippen MR) is 223 cm³/mol. The van der Waals surface area contributed by atoms with Crippen LogP contribution in [0.25, 0.3) is 78.4 Å². The fraction of sp³-hybridized carbons (Fsp3) is 0.0192. The Morgan fingerprint density at radius 1 is 0.327 bits per heavy atom. The molecule has 1 spiro atoms. The maximum absolute atomic E-state index is 5.16. The van der Waals surface area contributed by atoms with Crippen LogP contribution in [0.15, 0.2) is 200 Å². The normalized spacial score (nSPS) is 12.9. The van der Waals surface area contributed by atoms with E-state index in [1.54, 1.807) is 6.20 Å². The van der Waals surface area contributed by atoms with Gasteiger partial charge in [0.15, 0.2) is 5.82 Å². The van der Waals surface area contributed by atoms with Crippen molar-refractivity contribution in [2.24, 2.45) is 0 Å². The third-order valence-corrected chi connectivity index (χ3v) is 11.4. The first kappa shape index (κ1) is 31.3. The van der Waals surface area contributed by atoms with Gasteiger partial charge in [-0.1, -0.05) is 176 Å². The number of aromatic nitrogens is 3. The van der Waals surface area contributed by atoms with Gasteiger partial charge in [0, 0.05) is 29.1 Å². The SMILES string of the molecule is c1ccc(-c2cc(-c3ccc(-c4cccc5c4-c4ccccc4C54c5ccccc5-c5ccccc54)cc3)nc(-c3ccc(-c4cccnc4)cc3)n2)cc1. The van der Waals surface area contributed by atoms with Gasteiger partial charge >= 0.3 is 0 Å². The van der Waals surface area contributed by atoms with Crippen LogP contribution in [0.5, 0.6) is 0 Å². The summed E-state index contributed by atoms with van der Waals surface area (Å²) in [5.41, 5.74) is 19.7. The summed E-state index contributed by atoms with van der Waals surface area (Å²) in [5, 5.41) is 0. The third-order valence-electron chi connectivity index (χ3n) is 11.4. The molecule has 0 bridgehead atoms. The molecule has 2 heterocycles. The summed E-state index contributed by atoms with van der Waals surface area (Å²) in [6, 6.07) is 67.6. The molecule has 0 aliphatic heterocycles. The van der Waals surface area contributed by atoms with E-state index >= 15 is 0 Å². The molecule has 0 unspecified atom stereocenters. The van der Waals surface area contributed by atoms with Gasteiger partial charge in [-0.25, -0.2) is 9.97 Å². The van der Waals surface area contributed by atoms with E-state index in [9.17, 15) is 0 Å². The van der Waals surface area contributed by atoms with E-state index in [-0.39, 0.29) is 5.41 Å². The van der Waals surface area contributed by atoms with Gasteiger partial charge in [0.05, 0.1) is 16.8 Å². The zero-order valence-corrected chi connectivity index (χ0v) is 29.9. The number of hydrogen-bond acceptors (Lipinski definition) is 3. The number of rotatable bonds is 5. The summed E-state index contributed by atoms with van der Waals surface area (Å²) in [6.07, 6.45) is 3.68. The van der Waals surface area contributed by atoms with Crippen LogP contribution in [0.4, 0.5) is 0 Å². The van der Waals surface area contributed by atoms with Crippen molar-refractivity contribution in [1.82, 2.24) is 15.0 Å². The topological polar surface area (TPSA) is 38.7 Å². The van der Waals surface area contributed by atoms with Gasteiger partial charge in [-0.15, -0.1) is 0 Å². The molecule has 55 heavy (non-hydrogen) atoms. The van der Waals surface area contributed by atoms with Crippen LogP contribution in [0.1, 0.15) is 22.3 Å². The van der Waals surface area contributed by atoms with Crippen molar-refractivity contribution in [2.45, 2.75) is 5.41 Å². The predicted octanol–water partition coefficient (Wildman–Crippen LogP) is 12.6. The molecule has 11 rings (SSSR count). The lowest BCUT2D eigenvalue weighted by Gasteiger charge is -2.30. The molecule has 0 saturated carbocycles. The average molecular weight is 700 g/mol. The molecule has 2 aliphatic carbocycles. The molecule has 0 amide bonds. The van der Waals surface area contributed by atoms with Gasteiger partial charge in [-0.05, 0) is 78.9 Å². The number of benzene rings is 7. The molecule has 2 aliphatic rings. The maximum Gasteiger partial charge on any atom is 0.160 e. The summed E-state index contributed by atoms with van der Waals surface area (Å²) in [6.45, 7) is 0. The lowest BCUT2D eigenvalue weighted by atomic mass is 9.70. The monoisotopic (exact) mass is 699 g/mol. The van der Waals surface area contributed by atoms with Crippen molar-refractivity contribution in [3.63, 3.8) is 0 Å². The van der Waals surface area contributed by atoms with Crippen molar-refractivity contribution in [2.75, 3.05) is 0 Å². The number of pyridine rings is 1. The number of hydrogen-bond donors (Lipinski definition) is 0. The first-order valence-electron chi connectivity index (χ1n) is 18.8. The Morgan fingerprint density at radius 2 is 0.818 bits per heavy atom. The largest absolute Gasteiger partial charge is 0.264 e. The van der Waals surface area contributed by atoms with E-state index in [0.29, 0.717) is 5.82 Å². The van der Waals surface area contributed by atoms with Gasteiger partial charge in [0.2, 0.25) is 0 Å². The van der Waals surface area contributed by atoms with Gasteiger partial charge in [0.25, 0.3) is 0 Å². The minimum Gasteiger partial charge on any atom is -0.264 e. The van der Waals surface area contributed by atoms with Crippen molar-refractivity contribution in [3.8, 4) is 78.4 Å². The molecule has 0 saturated heterocycles. The van der Waals surface area contributed by atoms with E-state index in [1.807, 2.05) is 18.3 Å². The lowest BCUT2D eigenvalue weighted by molar-refractivity contribution is 0.794. The molecule has 3 nitrogen and oxygen atoms in total. The molecule has 0 atom stereocenters. The highest BCUT2D eigenvalue weighted by Crippen LogP contribution is 2.63. The molecule has 256 valence electrons. The smallest absolute Gasteiger partial charge is 0.160 e. The Bertz CT molecular complexity index is 2850. The highest BCUT2D eigenvalue weighted by Gasteiger charge is 2.51. The third kappa shape index (κ3) is 4.80. The van der Waals surface area contributed by atoms with Crippen molar-refractivity contribution >= 4 is 0 Å². The number of fused-ring (bicyclic) bond motifs is 10. The molecule has 9 aromatic rings. The van der Waals surface area contributed by atoms with Crippen LogP contribution in [0.3, 0.4) is 0 Å². The molecule has 0 radical (unpaired) electrons. The summed E-state index contributed by atoms with van der Waals surface area (Å²) in [4.78, 5) is 14.5. The summed E-state index contributed by atoms with van der Waals surface area (Å²) < 4.78 is 0. The molecular weight excluding hydrogens is 667 g/mol. The summed E-state index contributed by atoms with van der Waals surface area (Å²) in [5.74, 6) is 0.693. The Labute approximate surface area is 320 Å². The van der Waals surface area contributed by atoms with Crippen LogP contribution in [0, 0.1) is 0 Å². The molecular formula is C52H33N3. The molecule has 2 aromatic heterocycles. The highest BCUT2D eigenvalue weighted by atomic mass is 14.9. The highest BCUT2D eigenvalue weighted by molar-refractivity contribution is 6.00.